The molecule has 0 saturated carbocycles. The molecule has 3 aromatic rings. The smallest absolute Gasteiger partial charge is 0.262 e. The number of aryl methyl sites for hydroxylation is 1. The molecule has 2 heterocycles. The number of hydrogen-bond acceptors (Lipinski definition) is 7. The molecule has 1 aliphatic rings. The minimum absolute atomic E-state index is 0.0264. The fraction of sp³-hybridized carbons (Fsp3) is 0.0500. The summed E-state index contributed by atoms with van der Waals surface area (Å²) in [6, 6.07) is 13.8. The maximum atomic E-state index is 12.6. The standard InChI is InChI=1S/C20H14N4O3S2/c1-12-5-7-15(8-6-12)23-19(28)17(29-20(23)25)10-14-11-21-22-18(14)13-3-2-4-16(9-13)24(26)27/h2-11,28H,1H3/b14-10+. The van der Waals surface area contributed by atoms with Crippen LogP contribution < -0.4 is 4.87 Å². The molecule has 0 fully saturated rings. The van der Waals surface area contributed by atoms with Crippen molar-refractivity contribution in [2.45, 2.75) is 11.9 Å². The van der Waals surface area contributed by atoms with Gasteiger partial charge in [0.25, 0.3) is 5.69 Å². The first-order valence-electron chi connectivity index (χ1n) is 8.54. The van der Waals surface area contributed by atoms with Crippen LogP contribution in [0.4, 0.5) is 5.69 Å². The lowest BCUT2D eigenvalue weighted by Crippen LogP contribution is -2.10. The second-order valence-electron chi connectivity index (χ2n) is 6.33. The van der Waals surface area contributed by atoms with Crippen LogP contribution >= 0.6 is 24.0 Å². The molecule has 0 N–H and O–H groups in total. The van der Waals surface area contributed by atoms with Gasteiger partial charge in [0.2, 0.25) is 0 Å². The number of thiazole rings is 1. The maximum absolute atomic E-state index is 12.6. The molecule has 29 heavy (non-hydrogen) atoms. The molecule has 1 aliphatic heterocycles. The Labute approximate surface area is 174 Å². The molecule has 1 aromatic heterocycles. The lowest BCUT2D eigenvalue weighted by atomic mass is 10.0. The van der Waals surface area contributed by atoms with Crippen LogP contribution in [0, 0.1) is 17.0 Å². The molecular weight excluding hydrogens is 408 g/mol. The molecular formula is C20H14N4O3S2. The Morgan fingerprint density at radius 2 is 1.97 bits per heavy atom. The van der Waals surface area contributed by atoms with Gasteiger partial charge in [-0.2, -0.15) is 5.10 Å². The van der Waals surface area contributed by atoms with Crippen molar-refractivity contribution in [1.29, 1.82) is 0 Å². The van der Waals surface area contributed by atoms with E-state index in [1.165, 1.54) is 16.7 Å². The first-order chi connectivity index (χ1) is 13.9. The highest BCUT2D eigenvalue weighted by atomic mass is 32.1. The molecule has 7 nitrogen and oxygen atoms in total. The predicted octanol–water partition coefficient (Wildman–Crippen LogP) is 4.28. The normalized spacial score (nSPS) is 14.4. The molecule has 2 aromatic carbocycles. The third kappa shape index (κ3) is 3.69. The van der Waals surface area contributed by atoms with E-state index in [0.29, 0.717) is 26.8 Å². The van der Waals surface area contributed by atoms with E-state index in [9.17, 15) is 14.9 Å². The van der Waals surface area contributed by atoms with Gasteiger partial charge in [0.1, 0.15) is 5.71 Å². The van der Waals surface area contributed by atoms with Gasteiger partial charge in [-0.1, -0.05) is 41.2 Å². The predicted molar refractivity (Wildman–Crippen MR) is 118 cm³/mol. The third-order valence-corrected chi connectivity index (χ3v) is 5.83. The van der Waals surface area contributed by atoms with Gasteiger partial charge in [0.15, 0.2) is 0 Å². The average molecular weight is 422 g/mol. The fourth-order valence-electron chi connectivity index (χ4n) is 2.90. The number of nitrogens with zero attached hydrogens (tertiary/aromatic N) is 4. The van der Waals surface area contributed by atoms with E-state index >= 15 is 0 Å². The van der Waals surface area contributed by atoms with Gasteiger partial charge in [0.05, 0.1) is 26.7 Å². The summed E-state index contributed by atoms with van der Waals surface area (Å²) in [5.41, 5.74) is 3.54. The molecule has 0 aliphatic carbocycles. The van der Waals surface area contributed by atoms with Crippen LogP contribution in [0.5, 0.6) is 0 Å². The molecule has 0 saturated heterocycles. The van der Waals surface area contributed by atoms with E-state index in [1.807, 2.05) is 31.2 Å². The summed E-state index contributed by atoms with van der Waals surface area (Å²) in [7, 11) is 0. The van der Waals surface area contributed by atoms with Crippen LogP contribution in [0.15, 0.2) is 74.1 Å². The summed E-state index contributed by atoms with van der Waals surface area (Å²) in [6.45, 7) is 1.98. The van der Waals surface area contributed by atoms with Crippen molar-refractivity contribution in [3.05, 3.63) is 89.9 Å². The molecule has 0 unspecified atom stereocenters. The van der Waals surface area contributed by atoms with Crippen LogP contribution in [-0.2, 0) is 0 Å². The van der Waals surface area contributed by atoms with Gasteiger partial charge < -0.3 is 0 Å². The van der Waals surface area contributed by atoms with E-state index in [2.05, 4.69) is 22.8 Å². The zero-order valence-electron chi connectivity index (χ0n) is 15.1. The van der Waals surface area contributed by atoms with Gasteiger partial charge in [-0.05, 0) is 25.1 Å². The van der Waals surface area contributed by atoms with Crippen molar-refractivity contribution in [2.75, 3.05) is 0 Å². The molecule has 144 valence electrons. The molecule has 0 spiro atoms. The highest BCUT2D eigenvalue weighted by Gasteiger charge is 2.19. The largest absolute Gasteiger partial charge is 0.313 e. The lowest BCUT2D eigenvalue weighted by Gasteiger charge is -2.05. The number of nitro groups is 1. The van der Waals surface area contributed by atoms with Gasteiger partial charge in [-0.25, -0.2) is 0 Å². The molecule has 4 rings (SSSR count). The number of hydrogen-bond donors (Lipinski definition) is 1. The Kier molecular flexibility index (Phi) is 4.99. The van der Waals surface area contributed by atoms with E-state index in [0.717, 1.165) is 22.6 Å². The second kappa shape index (κ2) is 7.61. The quantitative estimate of drug-likeness (QED) is 0.387. The highest BCUT2D eigenvalue weighted by molar-refractivity contribution is 7.80. The Morgan fingerprint density at radius 1 is 1.21 bits per heavy atom. The summed E-state index contributed by atoms with van der Waals surface area (Å²) < 4.78 is 1.54. The topological polar surface area (TPSA) is 89.9 Å². The Balaban J connectivity index is 1.74. The number of benzene rings is 2. The van der Waals surface area contributed by atoms with Crippen LogP contribution in [-0.4, -0.2) is 21.4 Å². The third-order valence-electron chi connectivity index (χ3n) is 4.35. The van der Waals surface area contributed by atoms with Crippen molar-refractivity contribution in [2.24, 2.45) is 10.2 Å². The number of rotatable bonds is 4. The maximum Gasteiger partial charge on any atom is 0.313 e. The average Bonchev–Trinajstić information content (AvgIpc) is 3.27. The van der Waals surface area contributed by atoms with Crippen LogP contribution in [0.25, 0.3) is 11.8 Å². The first kappa shape index (κ1) is 19.0. The van der Waals surface area contributed by atoms with Gasteiger partial charge >= 0.3 is 4.87 Å². The number of non-ortho nitro benzene ring substituents is 1. The molecule has 0 atom stereocenters. The lowest BCUT2D eigenvalue weighted by molar-refractivity contribution is -0.384. The highest BCUT2D eigenvalue weighted by Crippen LogP contribution is 2.26. The monoisotopic (exact) mass is 422 g/mol. The molecule has 9 heteroatoms. The number of allylic oxidation sites excluding steroid dienone is 1. The zero-order valence-corrected chi connectivity index (χ0v) is 16.9. The Bertz CT molecular complexity index is 1270. The minimum atomic E-state index is -0.456. The van der Waals surface area contributed by atoms with Gasteiger partial charge in [-0.15, -0.1) is 17.7 Å². The van der Waals surface area contributed by atoms with E-state index in [-0.39, 0.29) is 10.6 Å². The van der Waals surface area contributed by atoms with Crippen molar-refractivity contribution >= 4 is 47.7 Å². The number of aromatic nitrogens is 1. The summed E-state index contributed by atoms with van der Waals surface area (Å²) in [5.74, 6) is 0. The van der Waals surface area contributed by atoms with Crippen molar-refractivity contribution in [1.82, 2.24) is 4.57 Å². The van der Waals surface area contributed by atoms with E-state index in [4.69, 9.17) is 0 Å². The Morgan fingerprint density at radius 3 is 2.69 bits per heavy atom. The number of nitro benzene ring substituents is 1. The van der Waals surface area contributed by atoms with Crippen molar-refractivity contribution in [3.63, 3.8) is 0 Å². The van der Waals surface area contributed by atoms with Crippen molar-refractivity contribution in [3.8, 4) is 5.69 Å². The SMILES string of the molecule is Cc1ccc(-n2c(S)c(/C=C3\C=NN=C3c3cccc([N+](=O)[O-])c3)sc2=O)cc1. The number of thiol groups is 1. The van der Waals surface area contributed by atoms with Crippen LogP contribution in [0.2, 0.25) is 0 Å². The summed E-state index contributed by atoms with van der Waals surface area (Å²) in [5, 5.41) is 19.6. The molecule has 0 bridgehead atoms. The summed E-state index contributed by atoms with van der Waals surface area (Å²) in [4.78, 5) is 23.7. The molecule has 0 amide bonds. The Hall–Kier alpha value is -3.30. The minimum Gasteiger partial charge on any atom is -0.262 e. The summed E-state index contributed by atoms with van der Waals surface area (Å²) >= 11 is 5.62. The zero-order chi connectivity index (χ0) is 20.5. The van der Waals surface area contributed by atoms with Crippen molar-refractivity contribution < 1.29 is 4.92 Å². The van der Waals surface area contributed by atoms with E-state index in [1.54, 1.807) is 24.4 Å². The fourth-order valence-corrected chi connectivity index (χ4v) is 4.22. The first-order valence-corrected chi connectivity index (χ1v) is 9.80. The molecule has 0 radical (unpaired) electrons. The van der Waals surface area contributed by atoms with Crippen LogP contribution in [0.1, 0.15) is 16.0 Å². The second-order valence-corrected chi connectivity index (χ2v) is 7.74. The summed E-state index contributed by atoms with van der Waals surface area (Å²) in [6.07, 6.45) is 3.33. The van der Waals surface area contributed by atoms with Gasteiger partial charge in [-0.3, -0.25) is 19.5 Å². The van der Waals surface area contributed by atoms with Crippen LogP contribution in [0.3, 0.4) is 0 Å². The van der Waals surface area contributed by atoms with Gasteiger partial charge in [0, 0.05) is 23.3 Å². The van der Waals surface area contributed by atoms with E-state index < -0.39 is 4.92 Å².